The van der Waals surface area contributed by atoms with Crippen LogP contribution in [0.1, 0.15) is 43.4 Å². The molecule has 0 saturated heterocycles. The number of halogens is 2. The zero-order valence-corrected chi connectivity index (χ0v) is 17.1. The maximum absolute atomic E-state index is 14.1. The molecule has 0 radical (unpaired) electrons. The van der Waals surface area contributed by atoms with Crippen LogP contribution < -0.4 is 4.90 Å². The van der Waals surface area contributed by atoms with Gasteiger partial charge in [0.2, 0.25) is 5.95 Å². The zero-order chi connectivity index (χ0) is 21.1. The first-order valence-corrected chi connectivity index (χ1v) is 10.2. The maximum atomic E-state index is 14.1. The molecule has 1 aromatic heterocycles. The van der Waals surface area contributed by atoms with Gasteiger partial charge in [-0.15, -0.1) is 0 Å². The molecule has 0 fully saturated rings. The van der Waals surface area contributed by atoms with E-state index in [9.17, 15) is 8.78 Å². The van der Waals surface area contributed by atoms with E-state index < -0.39 is 11.6 Å². The summed E-state index contributed by atoms with van der Waals surface area (Å²) < 4.78 is 28.1. The number of hydrogen-bond acceptors (Lipinski definition) is 4. The van der Waals surface area contributed by atoms with E-state index in [2.05, 4.69) is 21.9 Å². The Morgan fingerprint density at radius 2 is 1.63 bits per heavy atom. The van der Waals surface area contributed by atoms with Crippen molar-refractivity contribution < 1.29 is 8.78 Å². The molecule has 0 bridgehead atoms. The van der Waals surface area contributed by atoms with Crippen LogP contribution in [-0.4, -0.2) is 29.3 Å². The van der Waals surface area contributed by atoms with E-state index in [1.165, 1.54) is 18.2 Å². The number of aromatic nitrogens is 2. The van der Waals surface area contributed by atoms with E-state index >= 15 is 0 Å². The molecule has 1 unspecified atom stereocenters. The normalized spacial score (nSPS) is 15.9. The summed E-state index contributed by atoms with van der Waals surface area (Å²) >= 11 is 0. The Bertz CT molecular complexity index is 1030. The van der Waals surface area contributed by atoms with Crippen molar-refractivity contribution in [2.75, 3.05) is 18.5 Å². The van der Waals surface area contributed by atoms with E-state index in [1.807, 2.05) is 48.6 Å². The molecule has 2 aromatic carbocycles. The van der Waals surface area contributed by atoms with Crippen molar-refractivity contribution in [2.24, 2.45) is 4.99 Å². The minimum absolute atomic E-state index is 0.00176. The fourth-order valence-corrected chi connectivity index (χ4v) is 3.80. The highest BCUT2D eigenvalue weighted by Crippen LogP contribution is 2.33. The highest BCUT2D eigenvalue weighted by atomic mass is 19.1. The lowest BCUT2D eigenvalue weighted by molar-refractivity contribution is 0.578. The minimum atomic E-state index is -0.558. The first kappa shape index (κ1) is 20.1. The van der Waals surface area contributed by atoms with Crippen LogP contribution in [-0.2, 0) is 0 Å². The molecule has 0 aliphatic carbocycles. The average Bonchev–Trinajstić information content (AvgIpc) is 3.24. The highest BCUT2D eigenvalue weighted by molar-refractivity contribution is 6.02. The van der Waals surface area contributed by atoms with Crippen molar-refractivity contribution in [2.45, 2.75) is 32.2 Å². The zero-order valence-electron chi connectivity index (χ0n) is 17.1. The molecule has 2 heterocycles. The number of nitrogens with zero attached hydrogens (tertiary/aromatic N) is 4. The quantitative estimate of drug-likeness (QED) is 0.536. The Morgan fingerprint density at radius 3 is 2.27 bits per heavy atom. The van der Waals surface area contributed by atoms with Gasteiger partial charge >= 0.3 is 0 Å². The van der Waals surface area contributed by atoms with Crippen molar-refractivity contribution in [1.29, 1.82) is 0 Å². The van der Waals surface area contributed by atoms with Crippen molar-refractivity contribution in [3.05, 3.63) is 77.6 Å². The second-order valence-corrected chi connectivity index (χ2v) is 7.54. The lowest BCUT2D eigenvalue weighted by Crippen LogP contribution is -2.20. The van der Waals surface area contributed by atoms with E-state index in [-0.39, 0.29) is 11.6 Å². The van der Waals surface area contributed by atoms with Crippen LogP contribution >= 0.6 is 0 Å². The first-order chi connectivity index (χ1) is 14.6. The Morgan fingerprint density at radius 1 is 0.967 bits per heavy atom. The second-order valence-electron chi connectivity index (χ2n) is 7.54. The SMILES string of the molecule is CCCN(C)c1ncc(-c2ccc(C3CCC(c4c(F)cccc4F)=N3)cc2)cn1. The summed E-state index contributed by atoms with van der Waals surface area (Å²) in [5.41, 5.74) is 3.50. The molecule has 30 heavy (non-hydrogen) atoms. The summed E-state index contributed by atoms with van der Waals surface area (Å²) in [5.74, 6) is -0.402. The third kappa shape index (κ3) is 4.08. The van der Waals surface area contributed by atoms with Gasteiger partial charge in [-0.05, 0) is 42.5 Å². The molecule has 0 spiro atoms. The molecule has 1 atom stereocenters. The Kier molecular flexibility index (Phi) is 5.84. The van der Waals surface area contributed by atoms with Gasteiger partial charge in [0.25, 0.3) is 0 Å². The van der Waals surface area contributed by atoms with Crippen LogP contribution in [0.15, 0.2) is 59.9 Å². The van der Waals surface area contributed by atoms with Gasteiger partial charge in [-0.25, -0.2) is 18.7 Å². The summed E-state index contributed by atoms with van der Waals surface area (Å²) in [6.45, 7) is 3.03. The van der Waals surface area contributed by atoms with Gasteiger partial charge < -0.3 is 4.90 Å². The molecule has 0 N–H and O–H groups in total. The van der Waals surface area contributed by atoms with Gasteiger partial charge in [-0.1, -0.05) is 37.3 Å². The number of rotatable bonds is 6. The number of anilines is 1. The van der Waals surface area contributed by atoms with E-state index in [0.29, 0.717) is 18.1 Å². The molecule has 4 rings (SSSR count). The second kappa shape index (κ2) is 8.69. The van der Waals surface area contributed by atoms with Crippen molar-refractivity contribution in [3.63, 3.8) is 0 Å². The van der Waals surface area contributed by atoms with Gasteiger partial charge in [0.1, 0.15) is 11.6 Å². The predicted octanol–water partition coefficient (Wildman–Crippen LogP) is 5.59. The third-order valence-electron chi connectivity index (χ3n) is 5.39. The molecular formula is C24H24F2N4. The van der Waals surface area contributed by atoms with Gasteiger partial charge in [0.05, 0.1) is 11.6 Å². The topological polar surface area (TPSA) is 41.4 Å². The van der Waals surface area contributed by atoms with Gasteiger partial charge in [0.15, 0.2) is 0 Å². The predicted molar refractivity (Wildman–Crippen MR) is 116 cm³/mol. The van der Waals surface area contributed by atoms with Crippen molar-refractivity contribution in [3.8, 4) is 11.1 Å². The molecular weight excluding hydrogens is 382 g/mol. The summed E-state index contributed by atoms with van der Waals surface area (Å²) in [7, 11) is 1.98. The van der Waals surface area contributed by atoms with Crippen LogP contribution in [0.4, 0.5) is 14.7 Å². The largest absolute Gasteiger partial charge is 0.344 e. The molecule has 154 valence electrons. The molecule has 4 nitrogen and oxygen atoms in total. The van der Waals surface area contributed by atoms with E-state index in [1.54, 1.807) is 0 Å². The molecule has 0 amide bonds. The summed E-state index contributed by atoms with van der Waals surface area (Å²) in [6.07, 6.45) is 6.00. The van der Waals surface area contributed by atoms with Crippen LogP contribution in [0.2, 0.25) is 0 Å². The molecule has 0 saturated carbocycles. The van der Waals surface area contributed by atoms with Gasteiger partial charge in [-0.3, -0.25) is 4.99 Å². The maximum Gasteiger partial charge on any atom is 0.225 e. The van der Waals surface area contributed by atoms with Gasteiger partial charge in [0, 0.05) is 37.3 Å². The van der Waals surface area contributed by atoms with Crippen LogP contribution in [0, 0.1) is 11.6 Å². The smallest absolute Gasteiger partial charge is 0.225 e. The standard InChI is InChI=1S/C24H24F2N4/c1-3-13-30(2)24-27-14-18(15-28-24)16-7-9-17(10-8-16)21-11-12-22(29-21)23-19(25)5-4-6-20(23)26/h4-10,14-15,21H,3,11-13H2,1-2H3. The molecule has 1 aliphatic heterocycles. The summed E-state index contributed by atoms with van der Waals surface area (Å²) in [5, 5.41) is 0. The Balaban J connectivity index is 1.51. The van der Waals surface area contributed by atoms with Crippen molar-refractivity contribution in [1.82, 2.24) is 9.97 Å². The number of aliphatic imine (C=N–C) groups is 1. The lowest BCUT2D eigenvalue weighted by atomic mass is 10.0. The summed E-state index contributed by atoms with van der Waals surface area (Å²) in [6, 6.07) is 11.9. The molecule has 6 heteroatoms. The number of hydrogen-bond donors (Lipinski definition) is 0. The van der Waals surface area contributed by atoms with Crippen LogP contribution in [0.3, 0.4) is 0 Å². The van der Waals surface area contributed by atoms with Gasteiger partial charge in [-0.2, -0.15) is 0 Å². The van der Waals surface area contributed by atoms with Crippen LogP contribution in [0.25, 0.3) is 11.1 Å². The number of benzene rings is 2. The third-order valence-corrected chi connectivity index (χ3v) is 5.39. The molecule has 3 aromatic rings. The fourth-order valence-electron chi connectivity index (χ4n) is 3.80. The fraction of sp³-hybridized carbons (Fsp3) is 0.292. The van der Waals surface area contributed by atoms with Crippen LogP contribution in [0.5, 0.6) is 0 Å². The monoisotopic (exact) mass is 406 g/mol. The Labute approximate surface area is 175 Å². The average molecular weight is 406 g/mol. The molecule has 1 aliphatic rings. The first-order valence-electron chi connectivity index (χ1n) is 10.2. The lowest BCUT2D eigenvalue weighted by Gasteiger charge is -2.15. The highest BCUT2D eigenvalue weighted by Gasteiger charge is 2.24. The van der Waals surface area contributed by atoms with Crippen molar-refractivity contribution >= 4 is 11.7 Å². The van der Waals surface area contributed by atoms with E-state index in [0.717, 1.165) is 36.1 Å². The summed E-state index contributed by atoms with van der Waals surface area (Å²) in [4.78, 5) is 15.5. The Hall–Kier alpha value is -3.15. The minimum Gasteiger partial charge on any atom is -0.344 e. The van der Waals surface area contributed by atoms with E-state index in [4.69, 9.17) is 0 Å².